The average molecular weight is 469 g/mol. The Labute approximate surface area is 184 Å². The first-order chi connectivity index (χ1) is 14.4. The molecule has 0 saturated heterocycles. The Bertz CT molecular complexity index is 1020. The lowest BCUT2D eigenvalue weighted by molar-refractivity contribution is -0.122. The van der Waals surface area contributed by atoms with Crippen molar-refractivity contribution in [2.24, 2.45) is 36.1 Å². The summed E-state index contributed by atoms with van der Waals surface area (Å²) in [5, 5.41) is 10.4. The fourth-order valence-electron chi connectivity index (χ4n) is 5.53. The molecule has 1 aromatic carbocycles. The van der Waals surface area contributed by atoms with E-state index in [4.69, 9.17) is 0 Å². The number of aromatic nitrogens is 2. The third-order valence-corrected chi connectivity index (χ3v) is 7.78. The van der Waals surface area contributed by atoms with Crippen molar-refractivity contribution in [2.45, 2.75) is 19.8 Å². The number of halogens is 1. The predicted octanol–water partition coefficient (Wildman–Crippen LogP) is 3.69. The predicted molar refractivity (Wildman–Crippen MR) is 118 cm³/mol. The van der Waals surface area contributed by atoms with Crippen molar-refractivity contribution in [2.75, 3.05) is 11.9 Å². The van der Waals surface area contributed by atoms with Gasteiger partial charge in [0.2, 0.25) is 5.91 Å². The normalized spacial score (nSPS) is 27.4. The average Bonchev–Trinajstić information content (AvgIpc) is 3.27. The molecule has 30 heavy (non-hydrogen) atoms. The van der Waals surface area contributed by atoms with E-state index in [1.807, 2.05) is 38.2 Å². The number of aryl methyl sites for hydroxylation is 2. The molecule has 2 N–H and O–H groups in total. The number of nitrogens with zero attached hydrogens (tertiary/aromatic N) is 2. The minimum absolute atomic E-state index is 0.0494. The Hall–Kier alpha value is -2.41. The number of carbonyl (C=O) groups is 2. The number of hydrogen-bond acceptors (Lipinski definition) is 3. The Balaban J connectivity index is 1.33. The van der Waals surface area contributed by atoms with Gasteiger partial charge in [0.15, 0.2) is 0 Å². The molecule has 3 aliphatic rings. The van der Waals surface area contributed by atoms with Crippen molar-refractivity contribution < 1.29 is 9.59 Å². The second kappa shape index (κ2) is 7.08. The lowest BCUT2D eigenvalue weighted by atomic mass is 9.82. The van der Waals surface area contributed by atoms with E-state index >= 15 is 0 Å². The summed E-state index contributed by atoms with van der Waals surface area (Å²) in [6.45, 7) is 2.41. The summed E-state index contributed by atoms with van der Waals surface area (Å²) in [4.78, 5) is 25.9. The molecule has 1 heterocycles. The zero-order chi connectivity index (χ0) is 21.0. The summed E-state index contributed by atoms with van der Waals surface area (Å²) in [7, 11) is 1.83. The first kappa shape index (κ1) is 19.5. The van der Waals surface area contributed by atoms with Crippen LogP contribution in [0.3, 0.4) is 0 Å². The molecule has 1 aromatic heterocycles. The molecule has 0 unspecified atom stereocenters. The molecule has 0 radical (unpaired) electrons. The highest BCUT2D eigenvalue weighted by Crippen LogP contribution is 2.71. The van der Waals surface area contributed by atoms with Crippen LogP contribution in [0.4, 0.5) is 5.69 Å². The topological polar surface area (TPSA) is 76.0 Å². The molecular formula is C23H25BrN4O2. The van der Waals surface area contributed by atoms with Gasteiger partial charge in [-0.05, 0) is 73.3 Å². The number of carbonyl (C=O) groups excluding carboxylic acids is 2. The van der Waals surface area contributed by atoms with Gasteiger partial charge in [0.25, 0.3) is 5.91 Å². The van der Waals surface area contributed by atoms with Gasteiger partial charge in [0.05, 0.1) is 5.92 Å². The van der Waals surface area contributed by atoms with Crippen LogP contribution in [0.25, 0.3) is 0 Å². The highest BCUT2D eigenvalue weighted by molar-refractivity contribution is 9.10. The van der Waals surface area contributed by atoms with Crippen LogP contribution in [-0.2, 0) is 11.8 Å². The molecule has 2 amide bonds. The van der Waals surface area contributed by atoms with Crippen molar-refractivity contribution in [3.63, 3.8) is 0 Å². The zero-order valence-corrected chi connectivity index (χ0v) is 18.6. The second-order valence-corrected chi connectivity index (χ2v) is 9.78. The van der Waals surface area contributed by atoms with Gasteiger partial charge in [-0.3, -0.25) is 14.3 Å². The molecule has 2 saturated carbocycles. The van der Waals surface area contributed by atoms with Crippen LogP contribution in [0.5, 0.6) is 0 Å². The highest BCUT2D eigenvalue weighted by Gasteiger charge is 2.68. The molecule has 0 aliphatic heterocycles. The van der Waals surface area contributed by atoms with Gasteiger partial charge in [-0.25, -0.2) is 0 Å². The minimum atomic E-state index is -0.178. The van der Waals surface area contributed by atoms with Crippen LogP contribution in [0.1, 0.15) is 29.0 Å². The first-order valence-corrected chi connectivity index (χ1v) is 11.2. The molecule has 4 atom stereocenters. The molecule has 3 aliphatic carbocycles. The number of anilines is 1. The number of nitrogens with one attached hydrogen (secondary N) is 2. The molecule has 7 heteroatoms. The van der Waals surface area contributed by atoms with E-state index in [9.17, 15) is 9.59 Å². The SMILES string of the molecule is Cc1cc(C(=O)NC[C@H]2[C@H](C(=O)Nc3ccc(Br)cc3)[C@@H]3C=C[C@H]2C32CC2)nn1C. The van der Waals surface area contributed by atoms with E-state index in [2.05, 4.69) is 43.8 Å². The van der Waals surface area contributed by atoms with E-state index in [0.717, 1.165) is 15.9 Å². The van der Waals surface area contributed by atoms with Crippen molar-refractivity contribution in [3.05, 3.63) is 58.3 Å². The Morgan fingerprint density at radius 3 is 2.53 bits per heavy atom. The molecule has 2 fully saturated rings. The molecule has 156 valence electrons. The molecular weight excluding hydrogens is 444 g/mol. The molecule has 2 bridgehead atoms. The van der Waals surface area contributed by atoms with Crippen LogP contribution in [-0.4, -0.2) is 28.1 Å². The Morgan fingerprint density at radius 1 is 1.20 bits per heavy atom. The maximum atomic E-state index is 13.3. The number of rotatable bonds is 5. The van der Waals surface area contributed by atoms with Gasteiger partial charge in [-0.15, -0.1) is 0 Å². The maximum absolute atomic E-state index is 13.3. The fourth-order valence-corrected chi connectivity index (χ4v) is 5.80. The molecule has 5 rings (SSSR count). The van der Waals surface area contributed by atoms with Gasteiger partial charge in [0, 0.05) is 29.4 Å². The van der Waals surface area contributed by atoms with Crippen LogP contribution in [0.2, 0.25) is 0 Å². The van der Waals surface area contributed by atoms with Crippen molar-refractivity contribution in [1.29, 1.82) is 0 Å². The summed E-state index contributed by atoms with van der Waals surface area (Å²) in [6.07, 6.45) is 6.86. The van der Waals surface area contributed by atoms with E-state index < -0.39 is 0 Å². The fraction of sp³-hybridized carbons (Fsp3) is 0.435. The number of benzene rings is 1. The molecule has 2 aromatic rings. The number of allylic oxidation sites excluding steroid dienone is 2. The van der Waals surface area contributed by atoms with E-state index in [1.165, 1.54) is 12.8 Å². The third-order valence-electron chi connectivity index (χ3n) is 7.25. The summed E-state index contributed by atoms with van der Waals surface area (Å²) >= 11 is 3.43. The molecule has 6 nitrogen and oxygen atoms in total. The van der Waals surface area contributed by atoms with E-state index in [1.54, 1.807) is 10.7 Å². The maximum Gasteiger partial charge on any atom is 0.271 e. The first-order valence-electron chi connectivity index (χ1n) is 10.4. The summed E-state index contributed by atoms with van der Waals surface area (Å²) in [5.74, 6) is 0.463. The van der Waals surface area contributed by atoms with Crippen molar-refractivity contribution in [3.8, 4) is 0 Å². The van der Waals surface area contributed by atoms with Crippen LogP contribution in [0, 0.1) is 36.0 Å². The van der Waals surface area contributed by atoms with Gasteiger partial charge in [-0.1, -0.05) is 28.1 Å². The summed E-state index contributed by atoms with van der Waals surface area (Å²) in [6, 6.07) is 9.43. The van der Waals surface area contributed by atoms with Crippen LogP contribution in [0.15, 0.2) is 47.0 Å². The van der Waals surface area contributed by atoms with Gasteiger partial charge in [0.1, 0.15) is 5.69 Å². The Morgan fingerprint density at radius 2 is 1.90 bits per heavy atom. The van der Waals surface area contributed by atoms with Gasteiger partial charge in [-0.2, -0.15) is 5.10 Å². The Kier molecular flexibility index (Phi) is 4.61. The molecule has 1 spiro atoms. The largest absolute Gasteiger partial charge is 0.350 e. The summed E-state index contributed by atoms with van der Waals surface area (Å²) < 4.78 is 2.67. The number of hydrogen-bond donors (Lipinski definition) is 2. The van der Waals surface area contributed by atoms with E-state index in [0.29, 0.717) is 18.2 Å². The van der Waals surface area contributed by atoms with Crippen molar-refractivity contribution in [1.82, 2.24) is 15.1 Å². The third kappa shape index (κ3) is 3.11. The standard InChI is InChI=1S/C23H25BrN4O2/c1-13-11-19(27-28(13)2)21(29)25-12-16-17-7-8-18(23(17)9-10-23)20(16)22(30)26-15-5-3-14(24)4-6-15/h3-8,11,16-18,20H,9-10,12H2,1-2H3,(H,25,29)(H,26,30)/t16-,17-,18+,20+/m1/s1. The van der Waals surface area contributed by atoms with Gasteiger partial charge >= 0.3 is 0 Å². The lowest BCUT2D eigenvalue weighted by Gasteiger charge is -2.27. The van der Waals surface area contributed by atoms with Crippen LogP contribution >= 0.6 is 15.9 Å². The lowest BCUT2D eigenvalue weighted by Crippen LogP contribution is -2.39. The monoisotopic (exact) mass is 468 g/mol. The minimum Gasteiger partial charge on any atom is -0.350 e. The van der Waals surface area contributed by atoms with Gasteiger partial charge < -0.3 is 10.6 Å². The quantitative estimate of drug-likeness (QED) is 0.656. The zero-order valence-electron chi connectivity index (χ0n) is 17.1. The second-order valence-electron chi connectivity index (χ2n) is 8.86. The summed E-state index contributed by atoms with van der Waals surface area (Å²) in [5.41, 5.74) is 2.39. The smallest absolute Gasteiger partial charge is 0.271 e. The van der Waals surface area contributed by atoms with Crippen LogP contribution < -0.4 is 10.6 Å². The highest BCUT2D eigenvalue weighted by atomic mass is 79.9. The van der Waals surface area contributed by atoms with Crippen molar-refractivity contribution >= 4 is 33.4 Å². The van der Waals surface area contributed by atoms with E-state index in [-0.39, 0.29) is 35.0 Å². The number of amides is 2.